The van der Waals surface area contributed by atoms with Gasteiger partial charge in [0.05, 0.1) is 5.69 Å². The standard InChI is InChI=1S/C18H25N5O5/c1-18(2,3)28-17(27)21-12-10-13(15(24)19-4)23(11-12)8-5-7-22-9-6-20-14(22)16(25)26/h6,9-11H,5,7-8H2,1-4H3,(H,19,24)(H,21,27)(H,25,26). The molecular formula is C18H25N5O5. The van der Waals surface area contributed by atoms with Gasteiger partial charge in [0, 0.05) is 38.7 Å². The second-order valence-electron chi connectivity index (χ2n) is 7.12. The Morgan fingerprint density at radius 2 is 1.89 bits per heavy atom. The number of hydrogen-bond acceptors (Lipinski definition) is 5. The number of hydrogen-bond donors (Lipinski definition) is 3. The number of nitrogens with one attached hydrogen (secondary N) is 2. The third kappa shape index (κ3) is 5.60. The summed E-state index contributed by atoms with van der Waals surface area (Å²) in [4.78, 5) is 39.0. The van der Waals surface area contributed by atoms with Crippen LogP contribution in [0.25, 0.3) is 0 Å². The number of carbonyl (C=O) groups is 3. The topological polar surface area (TPSA) is 127 Å². The minimum absolute atomic E-state index is 0.0358. The van der Waals surface area contributed by atoms with Crippen molar-refractivity contribution in [3.05, 3.63) is 36.2 Å². The van der Waals surface area contributed by atoms with Crippen molar-refractivity contribution >= 4 is 23.7 Å². The molecule has 2 amide bonds. The third-order valence-corrected chi connectivity index (χ3v) is 3.71. The van der Waals surface area contributed by atoms with Crippen LogP contribution in [0.1, 0.15) is 48.3 Å². The van der Waals surface area contributed by atoms with E-state index in [1.165, 1.54) is 17.8 Å². The van der Waals surface area contributed by atoms with Crippen LogP contribution in [0.4, 0.5) is 10.5 Å². The number of carbonyl (C=O) groups excluding carboxylic acids is 2. The third-order valence-electron chi connectivity index (χ3n) is 3.71. The number of amides is 2. The molecule has 152 valence electrons. The van der Waals surface area contributed by atoms with Gasteiger partial charge in [0.2, 0.25) is 5.82 Å². The van der Waals surface area contributed by atoms with Crippen LogP contribution in [-0.4, -0.2) is 49.8 Å². The molecule has 0 aliphatic heterocycles. The van der Waals surface area contributed by atoms with Crippen molar-refractivity contribution in [2.24, 2.45) is 0 Å². The first-order valence-corrected chi connectivity index (χ1v) is 8.77. The minimum atomic E-state index is -1.10. The molecule has 2 aromatic heterocycles. The fraction of sp³-hybridized carbons (Fsp3) is 0.444. The number of aryl methyl sites for hydroxylation is 2. The van der Waals surface area contributed by atoms with E-state index in [9.17, 15) is 14.4 Å². The van der Waals surface area contributed by atoms with Crippen LogP contribution in [-0.2, 0) is 17.8 Å². The molecule has 0 saturated heterocycles. The van der Waals surface area contributed by atoms with Crippen molar-refractivity contribution in [3.63, 3.8) is 0 Å². The molecule has 0 unspecified atom stereocenters. The lowest BCUT2D eigenvalue weighted by Crippen LogP contribution is -2.27. The summed E-state index contributed by atoms with van der Waals surface area (Å²) in [5, 5.41) is 14.3. The van der Waals surface area contributed by atoms with Crippen LogP contribution < -0.4 is 10.6 Å². The van der Waals surface area contributed by atoms with Gasteiger partial charge in [-0.3, -0.25) is 10.1 Å². The summed E-state index contributed by atoms with van der Waals surface area (Å²) in [6.45, 7) is 6.14. The number of anilines is 1. The molecule has 0 aliphatic carbocycles. The van der Waals surface area contributed by atoms with Gasteiger partial charge in [-0.25, -0.2) is 14.6 Å². The predicted octanol–water partition coefficient (Wildman–Crippen LogP) is 2.18. The summed E-state index contributed by atoms with van der Waals surface area (Å²) < 4.78 is 8.45. The molecule has 10 heteroatoms. The summed E-state index contributed by atoms with van der Waals surface area (Å²) >= 11 is 0. The number of aromatic nitrogens is 3. The van der Waals surface area contributed by atoms with Crippen LogP contribution in [0.5, 0.6) is 0 Å². The van der Waals surface area contributed by atoms with E-state index in [-0.39, 0.29) is 11.7 Å². The lowest BCUT2D eigenvalue weighted by molar-refractivity contribution is 0.0633. The van der Waals surface area contributed by atoms with E-state index in [0.29, 0.717) is 30.9 Å². The maximum Gasteiger partial charge on any atom is 0.412 e. The number of carboxylic acid groups (broad SMARTS) is 1. The summed E-state index contributed by atoms with van der Waals surface area (Å²) in [7, 11) is 1.52. The maximum atomic E-state index is 12.1. The summed E-state index contributed by atoms with van der Waals surface area (Å²) in [5.74, 6) is -1.43. The van der Waals surface area contributed by atoms with Gasteiger partial charge in [-0.2, -0.15) is 0 Å². The Hall–Kier alpha value is -3.30. The highest BCUT2D eigenvalue weighted by molar-refractivity contribution is 5.95. The molecule has 0 atom stereocenters. The molecule has 3 N–H and O–H groups in total. The molecule has 2 heterocycles. The molecule has 28 heavy (non-hydrogen) atoms. The monoisotopic (exact) mass is 391 g/mol. The number of nitrogens with zero attached hydrogens (tertiary/aromatic N) is 3. The van der Waals surface area contributed by atoms with Crippen molar-refractivity contribution in [2.75, 3.05) is 12.4 Å². The van der Waals surface area contributed by atoms with E-state index < -0.39 is 17.7 Å². The van der Waals surface area contributed by atoms with Crippen molar-refractivity contribution in [1.82, 2.24) is 19.4 Å². The second kappa shape index (κ2) is 8.59. The average Bonchev–Trinajstić information content (AvgIpc) is 3.19. The fourth-order valence-electron chi connectivity index (χ4n) is 2.60. The maximum absolute atomic E-state index is 12.1. The van der Waals surface area contributed by atoms with E-state index >= 15 is 0 Å². The molecule has 2 aromatic rings. The number of imidazole rings is 1. The molecule has 2 rings (SSSR count). The van der Waals surface area contributed by atoms with Crippen molar-refractivity contribution in [3.8, 4) is 0 Å². The Morgan fingerprint density at radius 1 is 1.21 bits per heavy atom. The average molecular weight is 391 g/mol. The van der Waals surface area contributed by atoms with Crippen LogP contribution in [0.15, 0.2) is 24.7 Å². The molecule has 0 fully saturated rings. The first kappa shape index (κ1) is 21.0. The van der Waals surface area contributed by atoms with Crippen LogP contribution >= 0.6 is 0 Å². The Morgan fingerprint density at radius 3 is 2.50 bits per heavy atom. The largest absolute Gasteiger partial charge is 0.475 e. The van der Waals surface area contributed by atoms with Crippen molar-refractivity contribution in [1.29, 1.82) is 0 Å². The zero-order chi connectivity index (χ0) is 20.9. The fourth-order valence-corrected chi connectivity index (χ4v) is 2.60. The van der Waals surface area contributed by atoms with E-state index in [4.69, 9.17) is 9.84 Å². The Labute approximate surface area is 162 Å². The van der Waals surface area contributed by atoms with Gasteiger partial charge in [-0.15, -0.1) is 0 Å². The lowest BCUT2D eigenvalue weighted by atomic mass is 10.2. The Bertz CT molecular complexity index is 862. The molecule has 0 aliphatic rings. The molecule has 0 radical (unpaired) electrons. The van der Waals surface area contributed by atoms with Gasteiger partial charge in [-0.05, 0) is 33.3 Å². The Balaban J connectivity index is 2.08. The van der Waals surface area contributed by atoms with Gasteiger partial charge < -0.3 is 24.3 Å². The first-order chi connectivity index (χ1) is 13.1. The van der Waals surface area contributed by atoms with Crippen molar-refractivity contribution < 1.29 is 24.2 Å². The lowest BCUT2D eigenvalue weighted by Gasteiger charge is -2.19. The zero-order valence-electron chi connectivity index (χ0n) is 16.4. The number of rotatable bonds is 7. The molecular weight excluding hydrogens is 366 g/mol. The van der Waals surface area contributed by atoms with Gasteiger partial charge >= 0.3 is 12.1 Å². The molecule has 0 bridgehead atoms. The number of aromatic carboxylic acids is 1. The SMILES string of the molecule is CNC(=O)c1cc(NC(=O)OC(C)(C)C)cn1CCCn1ccnc1C(=O)O. The number of carboxylic acids is 1. The Kier molecular flexibility index (Phi) is 6.45. The van der Waals surface area contributed by atoms with Crippen LogP contribution in [0.3, 0.4) is 0 Å². The van der Waals surface area contributed by atoms with Gasteiger partial charge in [-0.1, -0.05) is 0 Å². The molecule has 0 saturated carbocycles. The molecule has 0 spiro atoms. The molecule has 0 aromatic carbocycles. The second-order valence-corrected chi connectivity index (χ2v) is 7.12. The predicted molar refractivity (Wildman–Crippen MR) is 101 cm³/mol. The normalized spacial score (nSPS) is 11.1. The van der Waals surface area contributed by atoms with E-state index in [1.54, 1.807) is 43.8 Å². The van der Waals surface area contributed by atoms with E-state index in [2.05, 4.69) is 15.6 Å². The minimum Gasteiger partial charge on any atom is -0.475 e. The summed E-state index contributed by atoms with van der Waals surface area (Å²) in [5.41, 5.74) is 0.169. The van der Waals surface area contributed by atoms with E-state index in [0.717, 1.165) is 0 Å². The highest BCUT2D eigenvalue weighted by atomic mass is 16.6. The van der Waals surface area contributed by atoms with Gasteiger partial charge in [0.15, 0.2) is 0 Å². The van der Waals surface area contributed by atoms with Crippen LogP contribution in [0, 0.1) is 0 Å². The van der Waals surface area contributed by atoms with E-state index in [1.807, 2.05) is 0 Å². The smallest absolute Gasteiger partial charge is 0.412 e. The number of ether oxygens (including phenoxy) is 1. The van der Waals surface area contributed by atoms with Gasteiger partial charge in [0.1, 0.15) is 11.3 Å². The highest BCUT2D eigenvalue weighted by Gasteiger charge is 2.19. The molecule has 10 nitrogen and oxygen atoms in total. The first-order valence-electron chi connectivity index (χ1n) is 8.77. The van der Waals surface area contributed by atoms with Gasteiger partial charge in [0.25, 0.3) is 5.91 Å². The summed E-state index contributed by atoms with van der Waals surface area (Å²) in [6, 6.07) is 1.56. The quantitative estimate of drug-likeness (QED) is 0.664. The van der Waals surface area contributed by atoms with Crippen molar-refractivity contribution in [2.45, 2.75) is 45.9 Å². The highest BCUT2D eigenvalue weighted by Crippen LogP contribution is 2.17. The zero-order valence-corrected chi connectivity index (χ0v) is 16.4. The van der Waals surface area contributed by atoms with Crippen LogP contribution in [0.2, 0.25) is 0 Å². The summed E-state index contributed by atoms with van der Waals surface area (Å²) in [6.07, 6.45) is 4.60.